The number of nitrogens with one attached hydrogen (secondary N) is 1. The summed E-state index contributed by atoms with van der Waals surface area (Å²) in [6.45, 7) is 1.72. The molecule has 3 rings (SSSR count). The third-order valence-corrected chi connectivity index (χ3v) is 3.25. The number of nitrogens with zero attached hydrogens (tertiary/aromatic N) is 2. The van der Waals surface area contributed by atoms with E-state index in [-0.39, 0.29) is 5.82 Å². The highest BCUT2D eigenvalue weighted by molar-refractivity contribution is 6.31. The van der Waals surface area contributed by atoms with Crippen LogP contribution in [0.25, 0.3) is 10.9 Å². The summed E-state index contributed by atoms with van der Waals surface area (Å²) in [4.78, 5) is 8.41. The smallest absolute Gasteiger partial charge is 0.141 e. The second kappa shape index (κ2) is 5.06. The number of hydrogen-bond donors (Lipinski definition) is 1. The molecule has 0 unspecified atom stereocenters. The summed E-state index contributed by atoms with van der Waals surface area (Å²) in [6.07, 6.45) is 1.48. The standard InChI is InChI=1S/C15H11ClFN3/c1-9-6-11(3-4-13(9)17)20-15-12-7-10(16)2-5-14(12)18-8-19-15/h2-8H,1H3,(H,18,19,20). The van der Waals surface area contributed by atoms with E-state index in [0.717, 1.165) is 16.6 Å². The zero-order valence-corrected chi connectivity index (χ0v) is 11.4. The number of anilines is 2. The minimum absolute atomic E-state index is 0.230. The van der Waals surface area contributed by atoms with Gasteiger partial charge in [0.2, 0.25) is 0 Å². The van der Waals surface area contributed by atoms with Crippen LogP contribution in [0.2, 0.25) is 5.02 Å². The molecule has 2 aromatic carbocycles. The number of hydrogen-bond acceptors (Lipinski definition) is 3. The van der Waals surface area contributed by atoms with Gasteiger partial charge in [0.25, 0.3) is 0 Å². The Balaban J connectivity index is 2.05. The van der Waals surface area contributed by atoms with Crippen molar-refractivity contribution in [1.82, 2.24) is 9.97 Å². The second-order valence-electron chi connectivity index (χ2n) is 4.47. The molecule has 1 heterocycles. The van der Waals surface area contributed by atoms with E-state index in [1.165, 1.54) is 12.4 Å². The van der Waals surface area contributed by atoms with E-state index in [4.69, 9.17) is 11.6 Å². The number of aromatic nitrogens is 2. The first-order valence-electron chi connectivity index (χ1n) is 6.07. The monoisotopic (exact) mass is 287 g/mol. The van der Waals surface area contributed by atoms with Gasteiger partial charge in [-0.2, -0.15) is 0 Å². The van der Waals surface area contributed by atoms with Crippen LogP contribution in [0.4, 0.5) is 15.9 Å². The first-order chi connectivity index (χ1) is 9.63. The maximum Gasteiger partial charge on any atom is 0.141 e. The van der Waals surface area contributed by atoms with Crippen molar-refractivity contribution < 1.29 is 4.39 Å². The molecule has 0 atom stereocenters. The molecule has 0 bridgehead atoms. The highest BCUT2D eigenvalue weighted by atomic mass is 35.5. The van der Waals surface area contributed by atoms with Crippen LogP contribution in [0.5, 0.6) is 0 Å². The third-order valence-electron chi connectivity index (χ3n) is 3.02. The Hall–Kier alpha value is -2.20. The van der Waals surface area contributed by atoms with Crippen LogP contribution in [-0.4, -0.2) is 9.97 Å². The Morgan fingerprint density at radius 1 is 1.10 bits per heavy atom. The number of aryl methyl sites for hydroxylation is 1. The molecule has 20 heavy (non-hydrogen) atoms. The van der Waals surface area contributed by atoms with Crippen molar-refractivity contribution in [2.24, 2.45) is 0 Å². The van der Waals surface area contributed by atoms with Crippen LogP contribution in [0.3, 0.4) is 0 Å². The molecule has 5 heteroatoms. The molecule has 1 aromatic heterocycles. The lowest BCUT2D eigenvalue weighted by Gasteiger charge is -2.09. The van der Waals surface area contributed by atoms with Crippen molar-refractivity contribution >= 4 is 34.0 Å². The van der Waals surface area contributed by atoms with E-state index >= 15 is 0 Å². The fourth-order valence-electron chi connectivity index (χ4n) is 1.99. The molecule has 0 aliphatic heterocycles. The van der Waals surface area contributed by atoms with E-state index in [0.29, 0.717) is 16.4 Å². The van der Waals surface area contributed by atoms with Crippen molar-refractivity contribution in [1.29, 1.82) is 0 Å². The topological polar surface area (TPSA) is 37.8 Å². The first-order valence-corrected chi connectivity index (χ1v) is 6.45. The van der Waals surface area contributed by atoms with Crippen molar-refractivity contribution in [3.63, 3.8) is 0 Å². The van der Waals surface area contributed by atoms with Crippen molar-refractivity contribution in [3.8, 4) is 0 Å². The molecule has 100 valence electrons. The van der Waals surface area contributed by atoms with E-state index in [2.05, 4.69) is 15.3 Å². The lowest BCUT2D eigenvalue weighted by molar-refractivity contribution is 0.619. The summed E-state index contributed by atoms with van der Waals surface area (Å²) in [5, 5.41) is 4.60. The van der Waals surface area contributed by atoms with E-state index in [9.17, 15) is 4.39 Å². The molecular weight excluding hydrogens is 277 g/mol. The second-order valence-corrected chi connectivity index (χ2v) is 4.91. The van der Waals surface area contributed by atoms with Gasteiger partial charge in [0, 0.05) is 16.1 Å². The molecule has 0 fully saturated rings. The fraction of sp³-hybridized carbons (Fsp3) is 0.0667. The van der Waals surface area contributed by atoms with Crippen LogP contribution >= 0.6 is 11.6 Å². The van der Waals surface area contributed by atoms with Crippen molar-refractivity contribution in [2.45, 2.75) is 6.92 Å². The molecule has 0 saturated heterocycles. The number of rotatable bonds is 2. The number of halogens is 2. The zero-order chi connectivity index (χ0) is 14.1. The van der Waals surface area contributed by atoms with Gasteiger partial charge in [-0.1, -0.05) is 11.6 Å². The molecule has 3 aromatic rings. The van der Waals surface area contributed by atoms with E-state index in [1.807, 2.05) is 6.07 Å². The molecule has 0 saturated carbocycles. The Morgan fingerprint density at radius 2 is 1.95 bits per heavy atom. The third kappa shape index (κ3) is 2.42. The lowest BCUT2D eigenvalue weighted by atomic mass is 10.2. The predicted molar refractivity (Wildman–Crippen MR) is 79.0 cm³/mol. The molecule has 0 radical (unpaired) electrons. The van der Waals surface area contributed by atoms with Crippen LogP contribution < -0.4 is 5.32 Å². The van der Waals surface area contributed by atoms with Gasteiger partial charge in [-0.3, -0.25) is 0 Å². The SMILES string of the molecule is Cc1cc(Nc2ncnc3ccc(Cl)cc23)ccc1F. The van der Waals surface area contributed by atoms with E-state index < -0.39 is 0 Å². The Labute approximate surface area is 120 Å². The summed E-state index contributed by atoms with van der Waals surface area (Å²) >= 11 is 6.01. The minimum Gasteiger partial charge on any atom is -0.340 e. The van der Waals surface area contributed by atoms with Gasteiger partial charge in [-0.15, -0.1) is 0 Å². The number of benzene rings is 2. The van der Waals surface area contributed by atoms with Gasteiger partial charge in [0.05, 0.1) is 5.52 Å². The molecule has 0 spiro atoms. The summed E-state index contributed by atoms with van der Waals surface area (Å²) in [7, 11) is 0. The van der Waals surface area contributed by atoms with Gasteiger partial charge in [-0.05, 0) is 48.9 Å². The quantitative estimate of drug-likeness (QED) is 0.755. The van der Waals surface area contributed by atoms with Crippen LogP contribution in [0.15, 0.2) is 42.7 Å². The minimum atomic E-state index is -0.230. The van der Waals surface area contributed by atoms with Gasteiger partial charge < -0.3 is 5.32 Å². The average molecular weight is 288 g/mol. The van der Waals surface area contributed by atoms with Gasteiger partial charge in [-0.25, -0.2) is 14.4 Å². The van der Waals surface area contributed by atoms with Gasteiger partial charge in [0.15, 0.2) is 0 Å². The predicted octanol–water partition coefficient (Wildman–Crippen LogP) is 4.47. The van der Waals surface area contributed by atoms with Crippen molar-refractivity contribution in [2.75, 3.05) is 5.32 Å². The van der Waals surface area contributed by atoms with Gasteiger partial charge in [0.1, 0.15) is 18.0 Å². The molecule has 0 amide bonds. The largest absolute Gasteiger partial charge is 0.340 e. The average Bonchev–Trinajstić information content (AvgIpc) is 2.44. The van der Waals surface area contributed by atoms with Crippen molar-refractivity contribution in [3.05, 3.63) is 59.1 Å². The van der Waals surface area contributed by atoms with Crippen LogP contribution in [0.1, 0.15) is 5.56 Å². The highest BCUT2D eigenvalue weighted by Gasteiger charge is 2.06. The summed E-state index contributed by atoms with van der Waals surface area (Å²) in [5.74, 6) is 0.412. The summed E-state index contributed by atoms with van der Waals surface area (Å²) in [6, 6.07) is 10.2. The normalized spacial score (nSPS) is 10.8. The Morgan fingerprint density at radius 3 is 2.75 bits per heavy atom. The Bertz CT molecular complexity index is 789. The first kappa shape index (κ1) is 12.8. The maximum atomic E-state index is 13.3. The van der Waals surface area contributed by atoms with Crippen LogP contribution in [0, 0.1) is 12.7 Å². The zero-order valence-electron chi connectivity index (χ0n) is 10.7. The summed E-state index contributed by atoms with van der Waals surface area (Å²) in [5.41, 5.74) is 2.14. The van der Waals surface area contributed by atoms with Crippen LogP contribution in [-0.2, 0) is 0 Å². The molecule has 1 N–H and O–H groups in total. The molecule has 0 aliphatic carbocycles. The maximum absolute atomic E-state index is 13.3. The Kier molecular flexibility index (Phi) is 3.24. The molecule has 0 aliphatic rings. The number of fused-ring (bicyclic) bond motifs is 1. The summed E-state index contributed by atoms with van der Waals surface area (Å²) < 4.78 is 13.3. The molecular formula is C15H11ClFN3. The fourth-order valence-corrected chi connectivity index (χ4v) is 2.16. The molecule has 3 nitrogen and oxygen atoms in total. The van der Waals surface area contributed by atoms with E-state index in [1.54, 1.807) is 31.2 Å². The lowest BCUT2D eigenvalue weighted by Crippen LogP contribution is -1.97. The highest BCUT2D eigenvalue weighted by Crippen LogP contribution is 2.26. The van der Waals surface area contributed by atoms with Gasteiger partial charge >= 0.3 is 0 Å².